The average Bonchev–Trinajstić information content (AvgIpc) is 2.44. The van der Waals surface area contributed by atoms with Crippen molar-refractivity contribution in [1.82, 2.24) is 5.32 Å². The van der Waals surface area contributed by atoms with Crippen molar-refractivity contribution < 1.29 is 45.8 Å². The van der Waals surface area contributed by atoms with E-state index in [9.17, 15) is 41.0 Å². The van der Waals surface area contributed by atoms with Gasteiger partial charge in [0.25, 0.3) is 5.91 Å². The Labute approximate surface area is 124 Å². The summed E-state index contributed by atoms with van der Waals surface area (Å²) in [5.74, 6) is -3.99. The van der Waals surface area contributed by atoms with Crippen LogP contribution in [0.25, 0.3) is 0 Å². The smallest absolute Gasteiger partial charge is 0.448 e. The number of aliphatic hydroxyl groups is 1. The maximum Gasteiger partial charge on any atom is 0.448 e. The van der Waals surface area contributed by atoms with Crippen molar-refractivity contribution in [2.75, 3.05) is 7.11 Å². The molecule has 0 fully saturated rings. The van der Waals surface area contributed by atoms with Crippen LogP contribution in [0.2, 0.25) is 0 Å². The molecule has 2 N–H and O–H groups in total. The van der Waals surface area contributed by atoms with E-state index in [1.54, 1.807) is 0 Å². The Morgan fingerprint density at radius 2 is 1.70 bits per heavy atom. The number of halogens is 6. The lowest BCUT2D eigenvalue weighted by Gasteiger charge is -2.28. The van der Waals surface area contributed by atoms with Crippen molar-refractivity contribution >= 4 is 11.9 Å². The molecule has 0 aliphatic heterocycles. The number of alkyl halides is 6. The second kappa shape index (κ2) is 6.07. The molecule has 1 atom stereocenters. The summed E-state index contributed by atoms with van der Waals surface area (Å²) >= 11 is 0. The second-order valence-corrected chi connectivity index (χ2v) is 4.23. The predicted octanol–water partition coefficient (Wildman–Crippen LogP) is 1.86. The van der Waals surface area contributed by atoms with Gasteiger partial charge < -0.3 is 15.2 Å². The number of methoxy groups -OCH3 is 1. The Morgan fingerprint density at radius 1 is 1.13 bits per heavy atom. The van der Waals surface area contributed by atoms with Gasteiger partial charge in [0.05, 0.1) is 12.7 Å². The second-order valence-electron chi connectivity index (χ2n) is 4.23. The average molecular weight is 345 g/mol. The van der Waals surface area contributed by atoms with E-state index in [0.29, 0.717) is 13.2 Å². The summed E-state index contributed by atoms with van der Waals surface area (Å²) in [6.07, 6.45) is -10.5. The number of benzene rings is 1. The number of hydrogen-bond donors (Lipinski definition) is 2. The topological polar surface area (TPSA) is 75.6 Å². The Hall–Kier alpha value is -2.30. The summed E-state index contributed by atoms with van der Waals surface area (Å²) in [7, 11) is 0.523. The summed E-state index contributed by atoms with van der Waals surface area (Å²) < 4.78 is 79.5. The Morgan fingerprint density at radius 3 is 2.13 bits per heavy atom. The van der Waals surface area contributed by atoms with Crippen molar-refractivity contribution in [3.05, 3.63) is 35.4 Å². The van der Waals surface area contributed by atoms with Crippen LogP contribution < -0.4 is 5.32 Å². The van der Waals surface area contributed by atoms with Gasteiger partial charge in [-0.25, -0.2) is 4.79 Å². The number of hydrogen-bond acceptors (Lipinski definition) is 4. The molecule has 1 aromatic rings. The van der Waals surface area contributed by atoms with Gasteiger partial charge in [0.2, 0.25) is 0 Å². The lowest BCUT2D eigenvalue weighted by atomic mass is 10.1. The van der Waals surface area contributed by atoms with E-state index >= 15 is 0 Å². The molecule has 0 bridgehead atoms. The highest BCUT2D eigenvalue weighted by Gasteiger charge is 2.62. The quantitative estimate of drug-likeness (QED) is 0.498. The molecule has 0 saturated carbocycles. The molecular weight excluding hydrogens is 336 g/mol. The Bertz CT molecular complexity index is 612. The highest BCUT2D eigenvalue weighted by atomic mass is 19.4. The molecule has 1 amide bonds. The van der Waals surface area contributed by atoms with Gasteiger partial charge in [-0.2, -0.15) is 26.3 Å². The zero-order chi connectivity index (χ0) is 18.1. The molecule has 0 heterocycles. The number of rotatable bonds is 3. The van der Waals surface area contributed by atoms with Crippen LogP contribution in [0.4, 0.5) is 26.3 Å². The molecule has 23 heavy (non-hydrogen) atoms. The van der Waals surface area contributed by atoms with E-state index in [0.717, 1.165) is 17.4 Å². The molecule has 1 aromatic carbocycles. The summed E-state index contributed by atoms with van der Waals surface area (Å²) in [5.41, 5.74) is -6.53. The van der Waals surface area contributed by atoms with Gasteiger partial charge >= 0.3 is 24.0 Å². The minimum Gasteiger partial charge on any atom is -0.465 e. The third kappa shape index (κ3) is 3.92. The summed E-state index contributed by atoms with van der Waals surface area (Å²) in [4.78, 5) is 22.7. The van der Waals surface area contributed by atoms with Crippen molar-refractivity contribution in [3.8, 4) is 0 Å². The van der Waals surface area contributed by atoms with E-state index in [1.807, 2.05) is 0 Å². The lowest BCUT2D eigenvalue weighted by molar-refractivity contribution is -0.268. The van der Waals surface area contributed by atoms with Crippen molar-refractivity contribution in [2.24, 2.45) is 0 Å². The van der Waals surface area contributed by atoms with Crippen molar-refractivity contribution in [2.45, 2.75) is 18.1 Å². The van der Waals surface area contributed by atoms with E-state index in [4.69, 9.17) is 0 Å². The molecule has 11 heteroatoms. The number of carbonyl (C=O) groups excluding carboxylic acids is 2. The number of esters is 1. The summed E-state index contributed by atoms with van der Waals surface area (Å²) in [6.45, 7) is 0. The zero-order valence-electron chi connectivity index (χ0n) is 11.2. The van der Waals surface area contributed by atoms with Crippen LogP contribution in [0.3, 0.4) is 0 Å². The molecule has 0 saturated heterocycles. The Balaban J connectivity index is 3.17. The van der Waals surface area contributed by atoms with Gasteiger partial charge in [-0.3, -0.25) is 4.79 Å². The van der Waals surface area contributed by atoms with Gasteiger partial charge in [0.1, 0.15) is 0 Å². The molecule has 5 nitrogen and oxygen atoms in total. The van der Waals surface area contributed by atoms with Crippen molar-refractivity contribution in [3.63, 3.8) is 0 Å². The third-order valence-electron chi connectivity index (χ3n) is 2.64. The van der Waals surface area contributed by atoms with E-state index in [2.05, 4.69) is 4.74 Å². The third-order valence-corrected chi connectivity index (χ3v) is 2.64. The summed E-state index contributed by atoms with van der Waals surface area (Å²) in [5, 5.41) is 10.3. The van der Waals surface area contributed by atoms with Crippen LogP contribution in [-0.2, 0) is 15.7 Å². The fourth-order valence-electron chi connectivity index (χ4n) is 1.46. The van der Waals surface area contributed by atoms with E-state index < -0.39 is 41.1 Å². The Kier molecular flexibility index (Phi) is 4.94. The monoisotopic (exact) mass is 345 g/mol. The first-order valence-corrected chi connectivity index (χ1v) is 5.70. The van der Waals surface area contributed by atoms with Gasteiger partial charge in [-0.05, 0) is 18.2 Å². The number of carbonyl (C=O) groups is 2. The lowest BCUT2D eigenvalue weighted by Crippen LogP contribution is -2.64. The summed E-state index contributed by atoms with van der Waals surface area (Å²) in [6, 6.07) is 2.41. The maximum atomic E-state index is 12.7. The SMILES string of the molecule is COC(=O)[C@](O)(NC(=O)c1cccc(C(F)(F)F)c1)C(F)(F)F. The molecule has 0 aliphatic carbocycles. The van der Waals surface area contributed by atoms with Crippen LogP contribution in [-0.4, -0.2) is 36.0 Å². The van der Waals surface area contributed by atoms with Crippen LogP contribution in [0.5, 0.6) is 0 Å². The van der Waals surface area contributed by atoms with Crippen molar-refractivity contribution in [1.29, 1.82) is 0 Å². The van der Waals surface area contributed by atoms with Crippen LogP contribution in [0.1, 0.15) is 15.9 Å². The first-order chi connectivity index (χ1) is 10.3. The molecule has 1 rings (SSSR count). The molecule has 0 unspecified atom stereocenters. The van der Waals surface area contributed by atoms with Gasteiger partial charge in [0, 0.05) is 5.56 Å². The minimum atomic E-state index is -5.66. The highest BCUT2D eigenvalue weighted by molar-refractivity contribution is 5.98. The normalized spacial score (nSPS) is 14.8. The number of amides is 1. The minimum absolute atomic E-state index is 0.267. The standard InChI is InChI=1S/C12H9F6NO4/c1-23-9(21)10(22,12(16,17)18)19-8(20)6-3-2-4-7(5-6)11(13,14)15/h2-5,22H,1H3,(H,19,20)/t10-/m1/s1. The first-order valence-electron chi connectivity index (χ1n) is 5.70. The number of nitrogens with one attached hydrogen (secondary N) is 1. The predicted molar refractivity (Wildman–Crippen MR) is 61.9 cm³/mol. The molecule has 0 aliphatic rings. The van der Waals surface area contributed by atoms with Crippen LogP contribution >= 0.6 is 0 Å². The van der Waals surface area contributed by atoms with Crippen LogP contribution in [0.15, 0.2) is 24.3 Å². The van der Waals surface area contributed by atoms with Crippen LogP contribution in [0, 0.1) is 0 Å². The fraction of sp³-hybridized carbons (Fsp3) is 0.333. The first kappa shape index (κ1) is 18.7. The molecule has 128 valence electrons. The van der Waals surface area contributed by atoms with Gasteiger partial charge in [-0.1, -0.05) is 6.07 Å². The van der Waals surface area contributed by atoms with Gasteiger partial charge in [-0.15, -0.1) is 0 Å². The molecule has 0 aromatic heterocycles. The van der Waals surface area contributed by atoms with E-state index in [-0.39, 0.29) is 6.07 Å². The number of ether oxygens (including phenoxy) is 1. The largest absolute Gasteiger partial charge is 0.465 e. The molecule has 0 radical (unpaired) electrons. The zero-order valence-corrected chi connectivity index (χ0v) is 11.2. The highest BCUT2D eigenvalue weighted by Crippen LogP contribution is 2.31. The van der Waals surface area contributed by atoms with Gasteiger partial charge in [0.15, 0.2) is 0 Å². The molecule has 0 spiro atoms. The van der Waals surface area contributed by atoms with E-state index in [1.165, 1.54) is 0 Å². The maximum absolute atomic E-state index is 12.7. The molecular formula is C12H9F6NO4. The fourth-order valence-corrected chi connectivity index (χ4v) is 1.46.